The maximum atomic E-state index is 12.6. The molecule has 170 valence electrons. The van der Waals surface area contributed by atoms with Gasteiger partial charge in [-0.05, 0) is 54.4 Å². The Morgan fingerprint density at radius 1 is 1.15 bits per heavy atom. The van der Waals surface area contributed by atoms with Crippen LogP contribution in [0.15, 0.2) is 64.7 Å². The molecule has 0 spiro atoms. The van der Waals surface area contributed by atoms with Gasteiger partial charge < -0.3 is 4.42 Å². The quantitative estimate of drug-likeness (QED) is 0.204. The fourth-order valence-corrected chi connectivity index (χ4v) is 4.54. The van der Waals surface area contributed by atoms with Crippen LogP contribution in [0.1, 0.15) is 21.8 Å². The van der Waals surface area contributed by atoms with Crippen LogP contribution in [0.4, 0.5) is 5.13 Å². The van der Waals surface area contributed by atoms with Crippen LogP contribution in [-0.2, 0) is 11.2 Å². The first kappa shape index (κ1) is 24.1. The molecule has 0 aliphatic carbocycles. The summed E-state index contributed by atoms with van der Waals surface area (Å²) in [5.41, 5.74) is 2.54. The highest BCUT2D eigenvalue weighted by Gasteiger charge is 2.15. The van der Waals surface area contributed by atoms with Crippen molar-refractivity contribution in [2.45, 2.75) is 13.3 Å². The second-order valence-electron chi connectivity index (χ2n) is 7.34. The fourth-order valence-electron chi connectivity index (χ4n) is 3.11. The lowest BCUT2D eigenvalue weighted by molar-refractivity contribution is -0.112. The molecule has 1 amide bonds. The van der Waals surface area contributed by atoms with Gasteiger partial charge in [0.15, 0.2) is 5.13 Å². The van der Waals surface area contributed by atoms with Crippen LogP contribution < -0.4 is 5.32 Å². The van der Waals surface area contributed by atoms with Crippen LogP contribution in [0.3, 0.4) is 0 Å². The summed E-state index contributed by atoms with van der Waals surface area (Å²) >= 11 is 19.8. The Kier molecular flexibility index (Phi) is 7.40. The summed E-state index contributed by atoms with van der Waals surface area (Å²) in [7, 11) is 0. The van der Waals surface area contributed by atoms with E-state index in [0.717, 1.165) is 16.0 Å². The minimum absolute atomic E-state index is 0.125. The first-order chi connectivity index (χ1) is 16.3. The molecule has 9 heteroatoms. The summed E-state index contributed by atoms with van der Waals surface area (Å²) in [6, 6.07) is 16.1. The lowest BCUT2D eigenvalue weighted by Crippen LogP contribution is -2.13. The molecule has 0 fully saturated rings. The number of amides is 1. The van der Waals surface area contributed by atoms with Gasteiger partial charge in [-0.3, -0.25) is 10.1 Å². The predicted octanol–water partition coefficient (Wildman–Crippen LogP) is 7.81. The second-order valence-corrected chi connectivity index (χ2v) is 9.71. The predicted molar refractivity (Wildman–Crippen MR) is 137 cm³/mol. The number of benzene rings is 2. The van der Waals surface area contributed by atoms with E-state index in [4.69, 9.17) is 39.2 Å². The second kappa shape index (κ2) is 10.5. The number of hydrogen-bond donors (Lipinski definition) is 1. The first-order valence-corrected chi connectivity index (χ1v) is 12.0. The van der Waals surface area contributed by atoms with E-state index < -0.39 is 5.91 Å². The molecule has 0 saturated carbocycles. The van der Waals surface area contributed by atoms with Gasteiger partial charge in [0, 0.05) is 39.2 Å². The average Bonchev–Trinajstić information content (AvgIpc) is 3.45. The van der Waals surface area contributed by atoms with E-state index >= 15 is 0 Å². The Hall–Kier alpha value is -3.08. The third-order valence-electron chi connectivity index (χ3n) is 4.86. The van der Waals surface area contributed by atoms with Gasteiger partial charge in [-0.15, -0.1) is 11.3 Å². The molecule has 0 aliphatic rings. The van der Waals surface area contributed by atoms with Gasteiger partial charge in [-0.2, -0.15) is 5.26 Å². The van der Waals surface area contributed by atoms with E-state index in [2.05, 4.69) is 10.3 Å². The molecule has 34 heavy (non-hydrogen) atoms. The fraction of sp³-hybridized carbons (Fsp3) is 0.0800. The molecule has 0 aliphatic heterocycles. The third kappa shape index (κ3) is 5.69. The Labute approximate surface area is 215 Å². The highest BCUT2D eigenvalue weighted by molar-refractivity contribution is 7.15. The number of anilines is 1. The topological polar surface area (TPSA) is 78.9 Å². The smallest absolute Gasteiger partial charge is 0.268 e. The first-order valence-electron chi connectivity index (χ1n) is 10.0. The molecule has 0 atom stereocenters. The lowest BCUT2D eigenvalue weighted by Gasteiger charge is -2.02. The summed E-state index contributed by atoms with van der Waals surface area (Å²) in [5, 5.41) is 14.3. The van der Waals surface area contributed by atoms with Crippen molar-refractivity contribution in [3.63, 3.8) is 0 Å². The van der Waals surface area contributed by atoms with Crippen molar-refractivity contribution < 1.29 is 9.21 Å². The highest BCUT2D eigenvalue weighted by Crippen LogP contribution is 2.32. The Morgan fingerprint density at radius 2 is 1.97 bits per heavy atom. The number of aromatic nitrogens is 1. The number of halogens is 3. The number of aryl methyl sites for hydroxylation is 1. The number of hydrogen-bond acceptors (Lipinski definition) is 5. The Morgan fingerprint density at radius 3 is 2.74 bits per heavy atom. The van der Waals surface area contributed by atoms with Crippen molar-refractivity contribution in [1.29, 1.82) is 5.26 Å². The zero-order chi connectivity index (χ0) is 24.2. The molecule has 2 aromatic heterocycles. The van der Waals surface area contributed by atoms with Gasteiger partial charge in [-0.1, -0.05) is 46.9 Å². The summed E-state index contributed by atoms with van der Waals surface area (Å²) in [6.45, 7) is 1.95. The maximum absolute atomic E-state index is 12.6. The van der Waals surface area contributed by atoms with Crippen LogP contribution in [0.25, 0.3) is 17.4 Å². The van der Waals surface area contributed by atoms with Crippen LogP contribution in [-0.4, -0.2) is 10.9 Å². The number of rotatable bonds is 6. The number of nitriles is 1. The van der Waals surface area contributed by atoms with Crippen LogP contribution in [0.5, 0.6) is 0 Å². The molecule has 0 radical (unpaired) electrons. The maximum Gasteiger partial charge on any atom is 0.268 e. The number of nitrogens with zero attached hydrogens (tertiary/aromatic N) is 2. The molecule has 5 nitrogen and oxygen atoms in total. The molecule has 2 heterocycles. The largest absolute Gasteiger partial charge is 0.457 e. The number of carbonyl (C=O) groups excluding carboxylic acids is 1. The molecule has 0 saturated heterocycles. The molecule has 0 unspecified atom stereocenters. The van der Waals surface area contributed by atoms with E-state index in [1.807, 2.05) is 31.2 Å². The number of thiazole rings is 1. The van der Waals surface area contributed by atoms with Crippen molar-refractivity contribution >= 4 is 63.3 Å². The number of furan rings is 1. The molecule has 4 rings (SSSR count). The number of nitrogens with one attached hydrogen (secondary N) is 1. The van der Waals surface area contributed by atoms with E-state index in [0.29, 0.717) is 43.7 Å². The van der Waals surface area contributed by atoms with Crippen molar-refractivity contribution in [1.82, 2.24) is 4.98 Å². The van der Waals surface area contributed by atoms with Crippen LogP contribution >= 0.6 is 46.1 Å². The van der Waals surface area contributed by atoms with E-state index in [-0.39, 0.29) is 5.57 Å². The normalized spacial score (nSPS) is 11.3. The van der Waals surface area contributed by atoms with Crippen molar-refractivity contribution in [3.8, 4) is 17.4 Å². The molecule has 1 N–H and O–H groups in total. The molecular formula is C25H16Cl3N3O2S. The monoisotopic (exact) mass is 527 g/mol. The summed E-state index contributed by atoms with van der Waals surface area (Å²) in [5.74, 6) is 0.214. The van der Waals surface area contributed by atoms with E-state index in [1.54, 1.807) is 36.5 Å². The van der Waals surface area contributed by atoms with Gasteiger partial charge >= 0.3 is 0 Å². The highest BCUT2D eigenvalue weighted by atomic mass is 35.5. The van der Waals surface area contributed by atoms with Gasteiger partial charge in [0.1, 0.15) is 23.2 Å². The molecule has 2 aromatic carbocycles. The van der Waals surface area contributed by atoms with Crippen molar-refractivity contribution in [2.75, 3.05) is 5.32 Å². The van der Waals surface area contributed by atoms with Crippen LogP contribution in [0, 0.1) is 18.3 Å². The molecule has 0 bridgehead atoms. The van der Waals surface area contributed by atoms with Gasteiger partial charge in [0.05, 0.1) is 5.02 Å². The van der Waals surface area contributed by atoms with Crippen LogP contribution in [0.2, 0.25) is 15.1 Å². The summed E-state index contributed by atoms with van der Waals surface area (Å²) in [6.07, 6.45) is 3.69. The molecule has 4 aromatic rings. The van der Waals surface area contributed by atoms with E-state index in [1.165, 1.54) is 17.4 Å². The minimum atomic E-state index is -0.583. The lowest BCUT2D eigenvalue weighted by atomic mass is 10.1. The third-order valence-corrected chi connectivity index (χ3v) is 6.75. The van der Waals surface area contributed by atoms with E-state index in [9.17, 15) is 10.1 Å². The zero-order valence-corrected chi connectivity index (χ0v) is 20.8. The van der Waals surface area contributed by atoms with Crippen molar-refractivity contribution in [2.24, 2.45) is 0 Å². The van der Waals surface area contributed by atoms with Gasteiger partial charge in [0.2, 0.25) is 0 Å². The van der Waals surface area contributed by atoms with Gasteiger partial charge in [0.25, 0.3) is 5.91 Å². The minimum Gasteiger partial charge on any atom is -0.457 e. The Balaban J connectivity index is 1.46. The molecular weight excluding hydrogens is 513 g/mol. The standard InChI is InChI=1S/C25H16Cl3N3O2S/c1-14-2-3-15(9-22(14)28)8-19-13-30-25(34-19)31-24(32)16(12-29)10-18-5-7-23(33-18)20-11-17(26)4-6-21(20)27/h2-7,9-11,13H,8H2,1H3,(H,30,31,32). The average molecular weight is 529 g/mol. The summed E-state index contributed by atoms with van der Waals surface area (Å²) in [4.78, 5) is 17.8. The van der Waals surface area contributed by atoms with Gasteiger partial charge in [-0.25, -0.2) is 4.98 Å². The number of carbonyl (C=O) groups is 1. The van der Waals surface area contributed by atoms with Crippen molar-refractivity contribution in [3.05, 3.63) is 97.1 Å². The summed E-state index contributed by atoms with van der Waals surface area (Å²) < 4.78 is 5.75. The zero-order valence-electron chi connectivity index (χ0n) is 17.7. The SMILES string of the molecule is Cc1ccc(Cc2cnc(NC(=O)C(C#N)=Cc3ccc(-c4cc(Cl)ccc4Cl)o3)s2)cc1Cl. The Bertz CT molecular complexity index is 1450.